The van der Waals surface area contributed by atoms with Crippen LogP contribution >= 0.6 is 0 Å². The molecule has 2 rings (SSSR count). The van der Waals surface area contributed by atoms with Gasteiger partial charge in [-0.3, -0.25) is 4.79 Å². The van der Waals surface area contributed by atoms with Crippen molar-refractivity contribution >= 4 is 5.97 Å². The summed E-state index contributed by atoms with van der Waals surface area (Å²) in [5.41, 5.74) is 0. The fraction of sp³-hybridized carbons (Fsp3) is 0.786. The summed E-state index contributed by atoms with van der Waals surface area (Å²) in [6.45, 7) is 3.43. The van der Waals surface area contributed by atoms with Gasteiger partial charge in [0.2, 0.25) is 0 Å². The lowest BCUT2D eigenvalue weighted by Gasteiger charge is -2.41. The summed E-state index contributed by atoms with van der Waals surface area (Å²) in [4.78, 5) is 11.5. The quantitative estimate of drug-likeness (QED) is 0.538. The van der Waals surface area contributed by atoms with E-state index in [1.807, 2.05) is 0 Å². The van der Waals surface area contributed by atoms with E-state index in [4.69, 9.17) is 4.74 Å². The normalized spacial score (nSPS) is 33.9. The second-order valence-electron chi connectivity index (χ2n) is 5.26. The van der Waals surface area contributed by atoms with Gasteiger partial charge >= 0.3 is 5.97 Å². The van der Waals surface area contributed by atoms with Gasteiger partial charge in [0.1, 0.15) is 0 Å². The smallest absolute Gasteiger partial charge is 0.310 e. The molecule has 3 unspecified atom stereocenters. The molecule has 2 aliphatic rings. The summed E-state index contributed by atoms with van der Waals surface area (Å²) in [5.74, 6) is 2.17. The predicted octanol–water partition coefficient (Wildman–Crippen LogP) is 3.67. The first kappa shape index (κ1) is 11.7. The molecule has 2 nitrogen and oxygen atoms in total. The molecule has 16 heavy (non-hydrogen) atoms. The summed E-state index contributed by atoms with van der Waals surface area (Å²) in [7, 11) is 0. The van der Waals surface area contributed by atoms with E-state index in [0.29, 0.717) is 12.3 Å². The molecular weight excluding hydrogens is 200 g/mol. The lowest BCUT2D eigenvalue weighted by atomic mass is 9.65. The van der Waals surface area contributed by atoms with Gasteiger partial charge in [-0.1, -0.05) is 38.7 Å². The number of esters is 1. The number of hydrogen-bond acceptors (Lipinski definition) is 2. The molecule has 0 aliphatic heterocycles. The summed E-state index contributed by atoms with van der Waals surface area (Å²) in [5, 5.41) is 0. The van der Waals surface area contributed by atoms with E-state index in [0.717, 1.165) is 11.8 Å². The van der Waals surface area contributed by atoms with Gasteiger partial charge in [-0.05, 0) is 30.6 Å². The standard InChI is InChI=1S/C14H22O2/c1-2-16-14(15)10-12-8-5-7-11-6-3-4-9-13(11)12/h2,11-13H,1,3-10H2. The van der Waals surface area contributed by atoms with E-state index >= 15 is 0 Å². The molecule has 0 amide bonds. The van der Waals surface area contributed by atoms with Crippen molar-refractivity contribution < 1.29 is 9.53 Å². The highest BCUT2D eigenvalue weighted by molar-refractivity contribution is 5.70. The minimum atomic E-state index is -0.0915. The van der Waals surface area contributed by atoms with Crippen LogP contribution in [-0.2, 0) is 9.53 Å². The fourth-order valence-electron chi connectivity index (χ4n) is 3.68. The van der Waals surface area contributed by atoms with E-state index in [9.17, 15) is 4.79 Å². The van der Waals surface area contributed by atoms with Crippen LogP contribution in [-0.4, -0.2) is 5.97 Å². The molecule has 0 heterocycles. The lowest BCUT2D eigenvalue weighted by molar-refractivity contribution is -0.140. The number of fused-ring (bicyclic) bond motifs is 1. The molecule has 2 fully saturated rings. The average molecular weight is 222 g/mol. The molecule has 0 aromatic heterocycles. The Hall–Kier alpha value is -0.790. The van der Waals surface area contributed by atoms with Gasteiger partial charge < -0.3 is 4.74 Å². The van der Waals surface area contributed by atoms with Gasteiger partial charge in [-0.25, -0.2) is 0 Å². The van der Waals surface area contributed by atoms with Gasteiger partial charge in [0.15, 0.2) is 0 Å². The van der Waals surface area contributed by atoms with Crippen LogP contribution in [0.2, 0.25) is 0 Å². The third kappa shape index (κ3) is 2.66. The number of hydrogen-bond donors (Lipinski definition) is 0. The first-order valence-corrected chi connectivity index (χ1v) is 6.61. The SMILES string of the molecule is C=COC(=O)CC1CCCC2CCCCC21. The van der Waals surface area contributed by atoms with E-state index in [-0.39, 0.29) is 5.97 Å². The van der Waals surface area contributed by atoms with Crippen LogP contribution in [0.15, 0.2) is 12.8 Å². The summed E-state index contributed by atoms with van der Waals surface area (Å²) in [6, 6.07) is 0. The number of carbonyl (C=O) groups excluding carboxylic acids is 1. The van der Waals surface area contributed by atoms with Crippen molar-refractivity contribution in [3.05, 3.63) is 12.8 Å². The Morgan fingerprint density at radius 3 is 2.75 bits per heavy atom. The second kappa shape index (κ2) is 5.51. The van der Waals surface area contributed by atoms with E-state index < -0.39 is 0 Å². The molecule has 90 valence electrons. The number of rotatable bonds is 3. The molecule has 0 aromatic carbocycles. The van der Waals surface area contributed by atoms with Crippen LogP contribution in [0.3, 0.4) is 0 Å². The van der Waals surface area contributed by atoms with Crippen molar-refractivity contribution in [2.24, 2.45) is 17.8 Å². The molecule has 0 radical (unpaired) electrons. The van der Waals surface area contributed by atoms with Crippen LogP contribution in [0.1, 0.15) is 51.4 Å². The summed E-state index contributed by atoms with van der Waals surface area (Å²) in [6.07, 6.45) is 11.2. The molecule has 0 aromatic rings. The van der Waals surface area contributed by atoms with Crippen LogP contribution < -0.4 is 0 Å². The van der Waals surface area contributed by atoms with Crippen molar-refractivity contribution in [1.29, 1.82) is 0 Å². The summed E-state index contributed by atoms with van der Waals surface area (Å²) < 4.78 is 4.85. The maximum atomic E-state index is 11.5. The first-order valence-electron chi connectivity index (χ1n) is 6.61. The Morgan fingerprint density at radius 2 is 1.94 bits per heavy atom. The highest BCUT2D eigenvalue weighted by Gasteiger charge is 2.35. The van der Waals surface area contributed by atoms with Crippen molar-refractivity contribution in [3.63, 3.8) is 0 Å². The van der Waals surface area contributed by atoms with Crippen LogP contribution in [0.25, 0.3) is 0 Å². The van der Waals surface area contributed by atoms with Gasteiger partial charge in [-0.15, -0.1) is 0 Å². The summed E-state index contributed by atoms with van der Waals surface area (Å²) >= 11 is 0. The third-order valence-corrected chi connectivity index (χ3v) is 4.37. The van der Waals surface area contributed by atoms with Crippen molar-refractivity contribution in [3.8, 4) is 0 Å². The molecule has 2 saturated carbocycles. The van der Waals surface area contributed by atoms with Crippen molar-refractivity contribution in [2.45, 2.75) is 51.4 Å². The molecular formula is C14H22O2. The average Bonchev–Trinajstić information content (AvgIpc) is 2.30. The predicted molar refractivity (Wildman–Crippen MR) is 63.7 cm³/mol. The Kier molecular flexibility index (Phi) is 4.03. The van der Waals surface area contributed by atoms with Crippen LogP contribution in [0, 0.1) is 17.8 Å². The van der Waals surface area contributed by atoms with E-state index in [1.54, 1.807) is 0 Å². The minimum Gasteiger partial charge on any atom is -0.435 e. The van der Waals surface area contributed by atoms with Crippen molar-refractivity contribution in [1.82, 2.24) is 0 Å². The Bertz CT molecular complexity index is 257. The molecule has 0 spiro atoms. The highest BCUT2D eigenvalue weighted by Crippen LogP contribution is 2.45. The van der Waals surface area contributed by atoms with E-state index in [2.05, 4.69) is 6.58 Å². The zero-order chi connectivity index (χ0) is 11.4. The fourth-order valence-corrected chi connectivity index (χ4v) is 3.68. The minimum absolute atomic E-state index is 0.0915. The van der Waals surface area contributed by atoms with Crippen LogP contribution in [0.4, 0.5) is 0 Å². The largest absolute Gasteiger partial charge is 0.435 e. The number of ether oxygens (including phenoxy) is 1. The number of carbonyl (C=O) groups is 1. The zero-order valence-electron chi connectivity index (χ0n) is 9.99. The molecule has 0 saturated heterocycles. The maximum absolute atomic E-state index is 11.5. The Morgan fingerprint density at radius 1 is 1.19 bits per heavy atom. The first-order chi connectivity index (χ1) is 7.81. The van der Waals surface area contributed by atoms with Crippen molar-refractivity contribution in [2.75, 3.05) is 0 Å². The van der Waals surface area contributed by atoms with Gasteiger partial charge in [0.05, 0.1) is 6.26 Å². The monoisotopic (exact) mass is 222 g/mol. The van der Waals surface area contributed by atoms with E-state index in [1.165, 1.54) is 51.2 Å². The molecule has 3 atom stereocenters. The zero-order valence-corrected chi connectivity index (χ0v) is 9.99. The lowest BCUT2D eigenvalue weighted by Crippen LogP contribution is -2.32. The second-order valence-corrected chi connectivity index (χ2v) is 5.26. The van der Waals surface area contributed by atoms with Gasteiger partial charge in [0, 0.05) is 6.42 Å². The van der Waals surface area contributed by atoms with Gasteiger partial charge in [0.25, 0.3) is 0 Å². The molecule has 2 heteroatoms. The maximum Gasteiger partial charge on any atom is 0.310 e. The van der Waals surface area contributed by atoms with Crippen LogP contribution in [0.5, 0.6) is 0 Å². The Balaban J connectivity index is 1.91. The topological polar surface area (TPSA) is 26.3 Å². The molecule has 0 bridgehead atoms. The molecule has 2 aliphatic carbocycles. The molecule has 0 N–H and O–H groups in total. The third-order valence-electron chi connectivity index (χ3n) is 4.37. The highest BCUT2D eigenvalue weighted by atomic mass is 16.5. The van der Waals surface area contributed by atoms with Gasteiger partial charge in [-0.2, -0.15) is 0 Å². The Labute approximate surface area is 98.1 Å².